The first-order valence-electron chi connectivity index (χ1n) is 12.2. The normalized spacial score (nSPS) is 18.8. The SMILES string of the molecule is COc1c(NC(=O)Nc2ccc3c(c2)CCN(C(=O)OC2CCC(CC(=O)O)CC2)C3)cc(F)c(F)c1F. The third-order valence-electron chi connectivity index (χ3n) is 6.83. The average molecular weight is 536 g/mol. The Balaban J connectivity index is 1.31. The summed E-state index contributed by atoms with van der Waals surface area (Å²) in [6.45, 7) is 0.751. The van der Waals surface area contributed by atoms with E-state index in [0.717, 1.165) is 18.2 Å². The van der Waals surface area contributed by atoms with Crippen LogP contribution in [0.3, 0.4) is 0 Å². The minimum absolute atomic E-state index is 0.120. The largest absolute Gasteiger partial charge is 0.491 e. The smallest absolute Gasteiger partial charge is 0.410 e. The molecule has 0 bridgehead atoms. The number of urea groups is 1. The van der Waals surface area contributed by atoms with Crippen LogP contribution in [-0.2, 0) is 22.5 Å². The number of nitrogens with one attached hydrogen (secondary N) is 2. The summed E-state index contributed by atoms with van der Waals surface area (Å²) in [6.07, 6.45) is 2.76. The van der Waals surface area contributed by atoms with Gasteiger partial charge in [-0.05, 0) is 61.3 Å². The second kappa shape index (κ2) is 11.6. The number of anilines is 2. The van der Waals surface area contributed by atoms with Crippen LogP contribution >= 0.6 is 0 Å². The van der Waals surface area contributed by atoms with Crippen LogP contribution in [0.2, 0.25) is 0 Å². The number of carbonyl (C=O) groups is 3. The van der Waals surface area contributed by atoms with Gasteiger partial charge in [-0.1, -0.05) is 6.07 Å². The van der Waals surface area contributed by atoms with Crippen LogP contribution < -0.4 is 15.4 Å². The molecule has 2 aromatic rings. The van der Waals surface area contributed by atoms with E-state index in [1.807, 2.05) is 0 Å². The second-order valence-corrected chi connectivity index (χ2v) is 9.43. The predicted octanol–water partition coefficient (Wildman–Crippen LogP) is 5.28. The molecule has 2 aromatic carbocycles. The quantitative estimate of drug-likeness (QED) is 0.433. The van der Waals surface area contributed by atoms with E-state index < -0.39 is 41.3 Å². The summed E-state index contributed by atoms with van der Waals surface area (Å²) in [6, 6.07) is 4.94. The summed E-state index contributed by atoms with van der Waals surface area (Å²) in [7, 11) is 1.06. The zero-order chi connectivity index (χ0) is 27.4. The van der Waals surface area contributed by atoms with Gasteiger partial charge in [-0.3, -0.25) is 4.79 Å². The molecule has 0 saturated heterocycles. The third-order valence-corrected chi connectivity index (χ3v) is 6.83. The lowest BCUT2D eigenvalue weighted by atomic mass is 9.85. The Morgan fingerprint density at radius 2 is 1.76 bits per heavy atom. The lowest BCUT2D eigenvalue weighted by Crippen LogP contribution is -2.39. The van der Waals surface area contributed by atoms with Gasteiger partial charge in [0.1, 0.15) is 6.10 Å². The van der Waals surface area contributed by atoms with E-state index in [2.05, 4.69) is 10.6 Å². The number of rotatable bonds is 6. The Bertz CT molecular complexity index is 1230. The third kappa shape index (κ3) is 6.29. The number of fused-ring (bicyclic) bond motifs is 1. The summed E-state index contributed by atoms with van der Waals surface area (Å²) in [4.78, 5) is 37.6. The number of carbonyl (C=O) groups excluding carboxylic acids is 2. The van der Waals surface area contributed by atoms with Crippen LogP contribution in [0.4, 0.5) is 34.1 Å². The van der Waals surface area contributed by atoms with Gasteiger partial charge in [-0.2, -0.15) is 4.39 Å². The number of carboxylic acids is 1. The molecule has 3 N–H and O–H groups in total. The molecule has 3 amide bonds. The molecule has 0 aromatic heterocycles. The number of benzene rings is 2. The monoisotopic (exact) mass is 535 g/mol. The van der Waals surface area contributed by atoms with Crippen LogP contribution in [0.5, 0.6) is 5.75 Å². The molecule has 204 valence electrons. The van der Waals surface area contributed by atoms with Crippen LogP contribution in [0.25, 0.3) is 0 Å². The highest BCUT2D eigenvalue weighted by molar-refractivity contribution is 6.00. The lowest BCUT2D eigenvalue weighted by molar-refractivity contribution is -0.138. The molecule has 9 nitrogen and oxygen atoms in total. The molecule has 0 unspecified atom stereocenters. The van der Waals surface area contributed by atoms with Gasteiger partial charge in [-0.25, -0.2) is 18.4 Å². The van der Waals surface area contributed by atoms with Crippen molar-refractivity contribution in [3.63, 3.8) is 0 Å². The number of halogens is 3. The van der Waals surface area contributed by atoms with Crippen LogP contribution in [0, 0.1) is 23.4 Å². The minimum Gasteiger partial charge on any atom is -0.491 e. The van der Waals surface area contributed by atoms with E-state index in [9.17, 15) is 27.6 Å². The van der Waals surface area contributed by atoms with Crippen LogP contribution in [0.1, 0.15) is 43.2 Å². The van der Waals surface area contributed by atoms with Crippen LogP contribution in [0.15, 0.2) is 24.3 Å². The fourth-order valence-electron chi connectivity index (χ4n) is 4.86. The Hall–Kier alpha value is -3.96. The molecular weight excluding hydrogens is 507 g/mol. The second-order valence-electron chi connectivity index (χ2n) is 9.43. The van der Waals surface area contributed by atoms with Gasteiger partial charge in [-0.15, -0.1) is 0 Å². The van der Waals surface area contributed by atoms with E-state index in [1.54, 1.807) is 23.1 Å². The van der Waals surface area contributed by atoms with Crippen molar-refractivity contribution >= 4 is 29.5 Å². The number of hydrogen-bond acceptors (Lipinski definition) is 5. The highest BCUT2D eigenvalue weighted by Crippen LogP contribution is 2.32. The molecule has 1 heterocycles. The van der Waals surface area contributed by atoms with E-state index in [-0.39, 0.29) is 24.1 Å². The molecular formula is C26H28F3N3O6. The van der Waals surface area contributed by atoms with E-state index in [4.69, 9.17) is 14.6 Å². The van der Waals surface area contributed by atoms with Crippen molar-refractivity contribution in [1.29, 1.82) is 0 Å². The van der Waals surface area contributed by atoms with E-state index >= 15 is 0 Å². The lowest BCUT2D eigenvalue weighted by Gasteiger charge is -2.32. The highest BCUT2D eigenvalue weighted by atomic mass is 19.2. The molecule has 0 radical (unpaired) electrons. The molecule has 0 spiro atoms. The fourth-order valence-corrected chi connectivity index (χ4v) is 4.86. The number of ether oxygens (including phenoxy) is 2. The van der Waals surface area contributed by atoms with Crippen molar-refractivity contribution < 1.29 is 42.1 Å². The number of amides is 3. The first-order chi connectivity index (χ1) is 18.1. The average Bonchev–Trinajstić information content (AvgIpc) is 2.88. The molecule has 1 fully saturated rings. The van der Waals surface area contributed by atoms with Gasteiger partial charge in [0.25, 0.3) is 0 Å². The van der Waals surface area contributed by atoms with Crippen LogP contribution in [-0.4, -0.2) is 47.9 Å². The molecule has 38 heavy (non-hydrogen) atoms. The van der Waals surface area contributed by atoms with E-state index in [1.165, 1.54) is 0 Å². The summed E-state index contributed by atoms with van der Waals surface area (Å²) in [5.74, 6) is -6.05. The zero-order valence-corrected chi connectivity index (χ0v) is 20.7. The maximum atomic E-state index is 13.9. The van der Waals surface area contributed by atoms with Crippen molar-refractivity contribution in [2.45, 2.75) is 51.2 Å². The van der Waals surface area contributed by atoms with Crippen molar-refractivity contribution in [2.75, 3.05) is 24.3 Å². The van der Waals surface area contributed by atoms with Crippen molar-refractivity contribution in [1.82, 2.24) is 4.90 Å². The Morgan fingerprint density at radius 1 is 1.03 bits per heavy atom. The summed E-state index contributed by atoms with van der Waals surface area (Å²) < 4.78 is 51.3. The maximum absolute atomic E-state index is 13.9. The van der Waals surface area contributed by atoms with Crippen molar-refractivity contribution in [3.8, 4) is 5.75 Å². The van der Waals surface area contributed by atoms with Crippen molar-refractivity contribution in [3.05, 3.63) is 52.8 Å². The van der Waals surface area contributed by atoms with Gasteiger partial charge in [0, 0.05) is 31.3 Å². The van der Waals surface area contributed by atoms with Crippen molar-refractivity contribution in [2.24, 2.45) is 5.92 Å². The fraction of sp³-hybridized carbons (Fsp3) is 0.423. The summed E-state index contributed by atoms with van der Waals surface area (Å²) in [5, 5.41) is 13.8. The van der Waals surface area contributed by atoms with Gasteiger partial charge in [0.15, 0.2) is 17.4 Å². The number of carboxylic acid groups (broad SMARTS) is 1. The molecule has 1 aliphatic heterocycles. The first kappa shape index (κ1) is 27.1. The van der Waals surface area contributed by atoms with E-state index in [0.29, 0.717) is 56.9 Å². The van der Waals surface area contributed by atoms with Gasteiger partial charge >= 0.3 is 18.1 Å². The number of nitrogens with zero attached hydrogens (tertiary/aromatic N) is 1. The first-order valence-corrected chi connectivity index (χ1v) is 12.2. The number of methoxy groups -OCH3 is 1. The summed E-state index contributed by atoms with van der Waals surface area (Å²) >= 11 is 0. The number of aliphatic carboxylic acids is 1. The topological polar surface area (TPSA) is 117 Å². The molecule has 12 heteroatoms. The number of hydrogen-bond donors (Lipinski definition) is 3. The Labute approximate surface area is 216 Å². The van der Waals surface area contributed by atoms with Gasteiger partial charge in [0.2, 0.25) is 5.82 Å². The van der Waals surface area contributed by atoms with Gasteiger partial charge < -0.3 is 30.1 Å². The summed E-state index contributed by atoms with van der Waals surface area (Å²) in [5.41, 5.74) is 1.84. The molecule has 0 atom stereocenters. The maximum Gasteiger partial charge on any atom is 0.410 e. The predicted molar refractivity (Wildman–Crippen MR) is 131 cm³/mol. The molecule has 1 aliphatic carbocycles. The Morgan fingerprint density at radius 3 is 2.45 bits per heavy atom. The highest BCUT2D eigenvalue weighted by Gasteiger charge is 2.29. The zero-order valence-electron chi connectivity index (χ0n) is 20.7. The minimum atomic E-state index is -1.71. The molecule has 1 saturated carbocycles. The molecule has 2 aliphatic rings. The van der Waals surface area contributed by atoms with Gasteiger partial charge in [0.05, 0.1) is 12.8 Å². The standard InChI is InChI=1S/C26H28F3N3O6/c1-37-24-20(12-19(27)22(28)23(24)29)31-25(35)30-17-5-4-16-13-32(9-8-15(16)11-17)26(36)38-18-6-2-14(3-7-18)10-21(33)34/h4-5,11-12,14,18H,2-3,6-10,13H2,1H3,(H,33,34)(H2,30,31,35). The Kier molecular flexibility index (Phi) is 8.28. The molecule has 4 rings (SSSR count).